The Kier molecular flexibility index (Phi) is 2.52. The fourth-order valence-corrected chi connectivity index (χ4v) is 2.97. The van der Waals surface area contributed by atoms with Crippen LogP contribution in [0.25, 0.3) is 5.69 Å². The maximum atomic E-state index is 13.8. The number of aldehydes is 1. The van der Waals surface area contributed by atoms with Crippen LogP contribution >= 0.6 is 0 Å². The van der Waals surface area contributed by atoms with Crippen molar-refractivity contribution in [3.8, 4) is 5.69 Å². The monoisotopic (exact) mass is 270 g/mol. The minimum atomic E-state index is -0.426. The summed E-state index contributed by atoms with van der Waals surface area (Å²) < 4.78 is 15.8. The first-order valence-electron chi connectivity index (χ1n) is 7.12. The minimum Gasteiger partial charge on any atom is -0.303 e. The number of aryl methyl sites for hydroxylation is 2. The molecule has 4 heteroatoms. The van der Waals surface area contributed by atoms with E-state index in [4.69, 9.17) is 4.98 Å². The molecule has 1 saturated carbocycles. The number of rotatable bonds is 2. The fourth-order valence-electron chi connectivity index (χ4n) is 2.97. The fraction of sp³-hybridized carbons (Fsp3) is 0.375. The van der Waals surface area contributed by atoms with Crippen LogP contribution < -0.4 is 0 Å². The van der Waals surface area contributed by atoms with E-state index in [2.05, 4.69) is 10.8 Å². The largest absolute Gasteiger partial charge is 0.303 e. The molecule has 0 atom stereocenters. The topological polar surface area (TPSA) is 34.9 Å². The van der Waals surface area contributed by atoms with E-state index >= 15 is 0 Å². The van der Waals surface area contributed by atoms with E-state index in [9.17, 15) is 9.18 Å². The molecule has 1 aromatic heterocycles. The van der Waals surface area contributed by atoms with E-state index in [1.165, 1.54) is 18.9 Å². The molecule has 1 fully saturated rings. The van der Waals surface area contributed by atoms with Crippen molar-refractivity contribution in [3.05, 3.63) is 46.8 Å². The van der Waals surface area contributed by atoms with Gasteiger partial charge in [-0.2, -0.15) is 0 Å². The number of benzene rings is 1. The Morgan fingerprint density at radius 2 is 2.15 bits per heavy atom. The highest BCUT2D eigenvalue weighted by molar-refractivity contribution is 5.77. The van der Waals surface area contributed by atoms with E-state index in [-0.39, 0.29) is 5.56 Å². The van der Waals surface area contributed by atoms with E-state index in [1.54, 1.807) is 6.07 Å². The lowest BCUT2D eigenvalue weighted by Crippen LogP contribution is -2.02. The lowest BCUT2D eigenvalue weighted by molar-refractivity contribution is 0.112. The van der Waals surface area contributed by atoms with E-state index < -0.39 is 5.82 Å². The third-order valence-electron chi connectivity index (χ3n) is 4.22. The van der Waals surface area contributed by atoms with Gasteiger partial charge < -0.3 is 4.57 Å². The quantitative estimate of drug-likeness (QED) is 0.785. The van der Waals surface area contributed by atoms with Crippen LogP contribution in [0.4, 0.5) is 4.39 Å². The lowest BCUT2D eigenvalue weighted by atomic mass is 10.0. The van der Waals surface area contributed by atoms with Crippen molar-refractivity contribution in [3.63, 3.8) is 0 Å². The normalized spacial score (nSPS) is 17.2. The van der Waals surface area contributed by atoms with E-state index in [0.29, 0.717) is 12.2 Å². The van der Waals surface area contributed by atoms with E-state index in [0.717, 1.165) is 42.0 Å². The molecule has 2 heterocycles. The first-order chi connectivity index (χ1) is 9.76. The molecule has 0 amide bonds. The van der Waals surface area contributed by atoms with Gasteiger partial charge in [0.1, 0.15) is 11.6 Å². The predicted octanol–water partition coefficient (Wildman–Crippen LogP) is 3.19. The summed E-state index contributed by atoms with van der Waals surface area (Å²) in [5, 5.41) is 0. The SMILES string of the molecule is O=Cc1cc2c(cc1F)CCCc1nc(C3CC3)cn1-2. The van der Waals surface area contributed by atoms with Crippen LogP contribution in [0.15, 0.2) is 18.3 Å². The maximum Gasteiger partial charge on any atom is 0.153 e. The average Bonchev–Trinajstić information content (AvgIpc) is 3.23. The number of carbonyl (C=O) groups is 1. The summed E-state index contributed by atoms with van der Waals surface area (Å²) >= 11 is 0. The second-order valence-electron chi connectivity index (χ2n) is 5.70. The summed E-state index contributed by atoms with van der Waals surface area (Å²) in [5.74, 6) is 1.21. The van der Waals surface area contributed by atoms with Crippen molar-refractivity contribution >= 4 is 6.29 Å². The molecule has 0 bridgehead atoms. The van der Waals surface area contributed by atoms with Gasteiger partial charge in [-0.1, -0.05) is 0 Å². The van der Waals surface area contributed by atoms with Crippen LogP contribution in [0.2, 0.25) is 0 Å². The highest BCUT2D eigenvalue weighted by Gasteiger charge is 2.28. The number of hydrogen-bond donors (Lipinski definition) is 0. The molecule has 1 aromatic carbocycles. The van der Waals surface area contributed by atoms with Crippen molar-refractivity contribution in [1.82, 2.24) is 9.55 Å². The molecular weight excluding hydrogens is 255 g/mol. The molecule has 3 nitrogen and oxygen atoms in total. The Bertz CT molecular complexity index is 701. The molecule has 102 valence electrons. The van der Waals surface area contributed by atoms with Crippen molar-refractivity contribution in [2.24, 2.45) is 0 Å². The number of imidazole rings is 1. The van der Waals surface area contributed by atoms with Gasteiger partial charge in [0, 0.05) is 18.5 Å². The predicted molar refractivity (Wildman–Crippen MR) is 72.9 cm³/mol. The zero-order chi connectivity index (χ0) is 13.7. The highest BCUT2D eigenvalue weighted by Crippen LogP contribution is 2.40. The zero-order valence-electron chi connectivity index (χ0n) is 11.1. The summed E-state index contributed by atoms with van der Waals surface area (Å²) in [7, 11) is 0. The van der Waals surface area contributed by atoms with Crippen molar-refractivity contribution in [2.45, 2.75) is 38.0 Å². The number of fused-ring (bicyclic) bond motifs is 3. The van der Waals surface area contributed by atoms with Gasteiger partial charge in [-0.3, -0.25) is 4.79 Å². The van der Waals surface area contributed by atoms with Gasteiger partial charge in [0.2, 0.25) is 0 Å². The van der Waals surface area contributed by atoms with Gasteiger partial charge in [-0.05, 0) is 43.4 Å². The Hall–Kier alpha value is -1.97. The Morgan fingerprint density at radius 3 is 2.90 bits per heavy atom. The maximum absolute atomic E-state index is 13.8. The summed E-state index contributed by atoms with van der Waals surface area (Å²) in [5.41, 5.74) is 3.15. The van der Waals surface area contributed by atoms with Gasteiger partial charge in [-0.15, -0.1) is 0 Å². The molecule has 20 heavy (non-hydrogen) atoms. The third kappa shape index (κ3) is 1.79. The molecule has 0 N–H and O–H groups in total. The first kappa shape index (κ1) is 11.8. The summed E-state index contributed by atoms with van der Waals surface area (Å²) in [4.78, 5) is 15.7. The van der Waals surface area contributed by atoms with Gasteiger partial charge in [-0.25, -0.2) is 9.37 Å². The van der Waals surface area contributed by atoms with Crippen LogP contribution in [0.5, 0.6) is 0 Å². The molecule has 1 aliphatic heterocycles. The number of aromatic nitrogens is 2. The van der Waals surface area contributed by atoms with Gasteiger partial charge in [0.05, 0.1) is 16.9 Å². The average molecular weight is 270 g/mol. The Balaban J connectivity index is 1.91. The van der Waals surface area contributed by atoms with Crippen molar-refractivity contribution < 1.29 is 9.18 Å². The summed E-state index contributed by atoms with van der Waals surface area (Å²) in [6.45, 7) is 0. The van der Waals surface area contributed by atoms with Crippen molar-refractivity contribution in [1.29, 1.82) is 0 Å². The highest BCUT2D eigenvalue weighted by atomic mass is 19.1. The number of halogens is 1. The van der Waals surface area contributed by atoms with Crippen LogP contribution in [-0.2, 0) is 12.8 Å². The lowest BCUT2D eigenvalue weighted by Gasteiger charge is -2.10. The first-order valence-corrected chi connectivity index (χ1v) is 7.12. The molecule has 4 rings (SSSR count). The molecule has 0 unspecified atom stereocenters. The number of nitrogens with zero attached hydrogens (tertiary/aromatic N) is 2. The number of carbonyl (C=O) groups excluding carboxylic acids is 1. The van der Waals surface area contributed by atoms with E-state index in [1.807, 2.05) is 0 Å². The third-order valence-corrected chi connectivity index (χ3v) is 4.22. The van der Waals surface area contributed by atoms with Gasteiger partial charge in [0.15, 0.2) is 6.29 Å². The summed E-state index contributed by atoms with van der Waals surface area (Å²) in [6.07, 6.45) is 7.78. The summed E-state index contributed by atoms with van der Waals surface area (Å²) in [6, 6.07) is 3.16. The second kappa shape index (κ2) is 4.27. The molecule has 0 radical (unpaired) electrons. The van der Waals surface area contributed by atoms with Crippen LogP contribution in [0.3, 0.4) is 0 Å². The minimum absolute atomic E-state index is 0.123. The Morgan fingerprint density at radius 1 is 1.30 bits per heavy atom. The number of hydrogen-bond acceptors (Lipinski definition) is 2. The van der Waals surface area contributed by atoms with Gasteiger partial charge >= 0.3 is 0 Å². The van der Waals surface area contributed by atoms with Gasteiger partial charge in [0.25, 0.3) is 0 Å². The van der Waals surface area contributed by atoms with Crippen LogP contribution in [0.1, 0.15) is 52.6 Å². The molecule has 2 aromatic rings. The molecule has 2 aliphatic rings. The van der Waals surface area contributed by atoms with Crippen LogP contribution in [-0.4, -0.2) is 15.8 Å². The molecule has 0 spiro atoms. The van der Waals surface area contributed by atoms with Crippen molar-refractivity contribution in [2.75, 3.05) is 0 Å². The Labute approximate surface area is 116 Å². The second-order valence-corrected chi connectivity index (χ2v) is 5.70. The molecular formula is C16H15FN2O. The van der Waals surface area contributed by atoms with Crippen LogP contribution in [0, 0.1) is 5.82 Å². The standard InChI is InChI=1S/C16H15FN2O/c17-13-6-11-2-1-3-16-18-14(10-4-5-10)8-19(16)15(11)7-12(13)9-20/h6-10H,1-5H2. The molecule has 0 saturated heterocycles. The molecule has 1 aliphatic carbocycles. The smallest absolute Gasteiger partial charge is 0.153 e. The zero-order valence-corrected chi connectivity index (χ0v) is 11.1.